The van der Waals surface area contributed by atoms with Crippen LogP contribution in [0.3, 0.4) is 0 Å². The van der Waals surface area contributed by atoms with Gasteiger partial charge in [-0.25, -0.2) is 13.2 Å². The second-order valence-corrected chi connectivity index (χ2v) is 9.65. The zero-order chi connectivity index (χ0) is 23.3. The molecule has 3 rings (SSSR count). The molecule has 1 N–H and O–H groups in total. The van der Waals surface area contributed by atoms with Crippen LogP contribution in [-0.2, 0) is 19.6 Å². The minimum atomic E-state index is -5.08. The number of piperidine rings is 1. The third kappa shape index (κ3) is 6.18. The average Bonchev–Trinajstić information content (AvgIpc) is 3.02. The third-order valence-electron chi connectivity index (χ3n) is 6.03. The lowest BCUT2D eigenvalue weighted by Crippen LogP contribution is -2.53. The largest absolute Gasteiger partial charge is 0.490 e. The lowest BCUT2D eigenvalue weighted by Gasteiger charge is -2.44. The van der Waals surface area contributed by atoms with Gasteiger partial charge in [0.2, 0.25) is 10.0 Å². The van der Waals surface area contributed by atoms with Crippen LogP contribution in [0, 0.1) is 0 Å². The number of aliphatic carboxylic acids is 1. The smallest absolute Gasteiger partial charge is 0.475 e. The first-order valence-corrected chi connectivity index (χ1v) is 11.5. The molecule has 2 fully saturated rings. The Bertz CT molecular complexity index is 825. The Balaban J connectivity index is 0.000000423. The van der Waals surface area contributed by atoms with Gasteiger partial charge in [-0.05, 0) is 51.8 Å². The quantitative estimate of drug-likeness (QED) is 0.718. The third-order valence-corrected chi connectivity index (χ3v) is 7.94. The van der Waals surface area contributed by atoms with Crippen molar-refractivity contribution in [2.45, 2.75) is 55.3 Å². The van der Waals surface area contributed by atoms with Gasteiger partial charge in [-0.15, -0.1) is 0 Å². The molecule has 1 aromatic rings. The lowest BCUT2D eigenvalue weighted by atomic mass is 9.86. The number of hydrogen-bond donors (Lipinski definition) is 1. The van der Waals surface area contributed by atoms with E-state index in [4.69, 9.17) is 14.6 Å². The molecule has 1 aromatic carbocycles. The van der Waals surface area contributed by atoms with Crippen molar-refractivity contribution in [2.24, 2.45) is 0 Å². The topological polar surface area (TPSA) is 87.2 Å². The standard InChI is InChI=1S/C18H28N2O3S.C2HF3O2/c1-3-23-15-16-9-10-18(19(16)2)11-13-20(14-12-18)24(21,22)17-7-5-4-6-8-17;3-2(4,5)1(6)7/h4-8,16H,3,9-15H2,1-2H3;(H,6,7). The van der Waals surface area contributed by atoms with Crippen molar-refractivity contribution < 1.29 is 36.2 Å². The molecule has 0 aromatic heterocycles. The van der Waals surface area contributed by atoms with Crippen LogP contribution >= 0.6 is 0 Å². The molecule has 0 amide bonds. The average molecular weight is 467 g/mol. The van der Waals surface area contributed by atoms with Gasteiger partial charge < -0.3 is 9.84 Å². The highest BCUT2D eigenvalue weighted by Crippen LogP contribution is 2.41. The lowest BCUT2D eigenvalue weighted by molar-refractivity contribution is -0.192. The summed E-state index contributed by atoms with van der Waals surface area (Å²) in [7, 11) is -1.18. The normalized spacial score (nSPS) is 22.2. The van der Waals surface area contributed by atoms with Gasteiger partial charge in [0.25, 0.3) is 0 Å². The summed E-state index contributed by atoms with van der Waals surface area (Å²) in [6.45, 7) is 4.75. The van der Waals surface area contributed by atoms with Crippen LogP contribution < -0.4 is 0 Å². The Hall–Kier alpha value is -1.69. The molecule has 2 aliphatic rings. The second kappa shape index (κ2) is 10.3. The van der Waals surface area contributed by atoms with Crippen molar-refractivity contribution in [1.82, 2.24) is 9.21 Å². The van der Waals surface area contributed by atoms with Crippen molar-refractivity contribution in [3.8, 4) is 0 Å². The highest BCUT2D eigenvalue weighted by molar-refractivity contribution is 7.89. The minimum absolute atomic E-state index is 0.143. The number of alkyl halides is 3. The van der Waals surface area contributed by atoms with Crippen molar-refractivity contribution in [3.05, 3.63) is 30.3 Å². The van der Waals surface area contributed by atoms with E-state index in [9.17, 15) is 21.6 Å². The Morgan fingerprint density at radius 2 is 1.74 bits per heavy atom. The van der Waals surface area contributed by atoms with E-state index in [-0.39, 0.29) is 5.54 Å². The van der Waals surface area contributed by atoms with E-state index >= 15 is 0 Å². The summed E-state index contributed by atoms with van der Waals surface area (Å²) in [6.07, 6.45) is -1.00. The zero-order valence-corrected chi connectivity index (χ0v) is 18.5. The maximum atomic E-state index is 12.8. The van der Waals surface area contributed by atoms with Gasteiger partial charge in [-0.2, -0.15) is 17.5 Å². The van der Waals surface area contributed by atoms with Crippen molar-refractivity contribution in [2.75, 3.05) is 33.4 Å². The molecule has 0 radical (unpaired) electrons. The van der Waals surface area contributed by atoms with E-state index in [1.165, 1.54) is 0 Å². The van der Waals surface area contributed by atoms with Gasteiger partial charge in [0.1, 0.15) is 0 Å². The van der Waals surface area contributed by atoms with Gasteiger partial charge >= 0.3 is 12.1 Å². The van der Waals surface area contributed by atoms with Crippen LogP contribution in [0.5, 0.6) is 0 Å². The number of carbonyl (C=O) groups is 1. The first-order valence-electron chi connectivity index (χ1n) is 10.1. The Labute approximate surface area is 180 Å². The summed E-state index contributed by atoms with van der Waals surface area (Å²) >= 11 is 0. The molecule has 176 valence electrons. The number of sulfonamides is 1. The number of carboxylic acid groups (broad SMARTS) is 1. The fourth-order valence-corrected chi connectivity index (χ4v) is 5.59. The van der Waals surface area contributed by atoms with Crippen LogP contribution in [-0.4, -0.2) is 79.8 Å². The molecule has 2 aliphatic heterocycles. The van der Waals surface area contributed by atoms with Gasteiger partial charge in [0, 0.05) is 31.3 Å². The summed E-state index contributed by atoms with van der Waals surface area (Å²) in [5.41, 5.74) is 0.143. The fraction of sp³-hybridized carbons (Fsp3) is 0.650. The minimum Gasteiger partial charge on any atom is -0.475 e. The highest BCUT2D eigenvalue weighted by Gasteiger charge is 2.47. The first-order chi connectivity index (χ1) is 14.4. The molecule has 7 nitrogen and oxygen atoms in total. The first kappa shape index (κ1) is 25.6. The Morgan fingerprint density at radius 3 is 2.23 bits per heavy atom. The number of hydrogen-bond acceptors (Lipinski definition) is 5. The van der Waals surface area contributed by atoms with E-state index in [1.807, 2.05) is 13.0 Å². The summed E-state index contributed by atoms with van der Waals surface area (Å²) in [4.78, 5) is 11.7. The molecule has 2 heterocycles. The van der Waals surface area contributed by atoms with Crippen molar-refractivity contribution in [3.63, 3.8) is 0 Å². The highest BCUT2D eigenvalue weighted by atomic mass is 32.2. The van der Waals surface area contributed by atoms with Gasteiger partial charge in [0.05, 0.1) is 11.5 Å². The predicted molar refractivity (Wildman–Crippen MR) is 108 cm³/mol. The number of benzene rings is 1. The van der Waals surface area contributed by atoms with Gasteiger partial charge in [0.15, 0.2) is 0 Å². The molecule has 1 unspecified atom stereocenters. The number of rotatable bonds is 5. The molecule has 0 aliphatic carbocycles. The molecule has 11 heteroatoms. The maximum absolute atomic E-state index is 12.8. The Morgan fingerprint density at radius 1 is 1.19 bits per heavy atom. The molecule has 2 saturated heterocycles. The van der Waals surface area contributed by atoms with Crippen LogP contribution in [0.15, 0.2) is 35.2 Å². The zero-order valence-electron chi connectivity index (χ0n) is 17.6. The molecule has 31 heavy (non-hydrogen) atoms. The van der Waals surface area contributed by atoms with Crippen molar-refractivity contribution in [1.29, 1.82) is 0 Å². The summed E-state index contributed by atoms with van der Waals surface area (Å²) in [5.74, 6) is -2.76. The number of likely N-dealkylation sites (tertiary alicyclic amines) is 1. The van der Waals surface area contributed by atoms with E-state index in [1.54, 1.807) is 28.6 Å². The number of carboxylic acids is 1. The maximum Gasteiger partial charge on any atom is 0.490 e. The molecule has 1 atom stereocenters. The van der Waals surface area contributed by atoms with Gasteiger partial charge in [-0.1, -0.05) is 18.2 Å². The summed E-state index contributed by atoms with van der Waals surface area (Å²) < 4.78 is 64.5. The van der Waals surface area contributed by atoms with E-state index in [0.717, 1.165) is 38.9 Å². The number of likely N-dealkylation sites (N-methyl/N-ethyl adjacent to an activating group) is 1. The van der Waals surface area contributed by atoms with E-state index in [0.29, 0.717) is 24.0 Å². The number of nitrogens with zero attached hydrogens (tertiary/aromatic N) is 2. The van der Waals surface area contributed by atoms with Crippen LogP contribution in [0.4, 0.5) is 13.2 Å². The summed E-state index contributed by atoms with van der Waals surface area (Å²) in [5, 5.41) is 7.12. The van der Waals surface area contributed by atoms with Crippen LogP contribution in [0.2, 0.25) is 0 Å². The second-order valence-electron chi connectivity index (χ2n) is 7.71. The SMILES string of the molecule is CCOCC1CCC2(CCN(S(=O)(=O)c3ccccc3)CC2)N1C.O=C(O)C(F)(F)F. The van der Waals surface area contributed by atoms with Gasteiger partial charge in [-0.3, -0.25) is 4.90 Å². The summed E-state index contributed by atoms with van der Waals surface area (Å²) in [6, 6.07) is 9.22. The number of ether oxygens (including phenoxy) is 1. The molecule has 0 saturated carbocycles. The molecule has 0 bridgehead atoms. The Kier molecular flexibility index (Phi) is 8.48. The predicted octanol–water partition coefficient (Wildman–Crippen LogP) is 2.97. The van der Waals surface area contributed by atoms with Crippen LogP contribution in [0.25, 0.3) is 0 Å². The molecule has 1 spiro atoms. The van der Waals surface area contributed by atoms with E-state index in [2.05, 4.69) is 11.9 Å². The van der Waals surface area contributed by atoms with E-state index < -0.39 is 22.2 Å². The molecular weight excluding hydrogens is 437 g/mol. The van der Waals surface area contributed by atoms with Crippen molar-refractivity contribution >= 4 is 16.0 Å². The fourth-order valence-electron chi connectivity index (χ4n) is 4.13. The monoisotopic (exact) mass is 466 g/mol. The molecular formula is C20H29F3N2O5S. The number of halogens is 3. The van der Waals surface area contributed by atoms with Crippen LogP contribution in [0.1, 0.15) is 32.6 Å².